The van der Waals surface area contributed by atoms with Crippen LogP contribution in [0.15, 0.2) is 0 Å². The summed E-state index contributed by atoms with van der Waals surface area (Å²) in [6, 6.07) is 0. The molecule has 0 aromatic carbocycles. The Morgan fingerprint density at radius 1 is 0.700 bits per heavy atom. The standard InChI is InChI=1S/C4H8O.4H2O.Ti/c1-2-4-5-3-1;;;;;/h1-4H2;4*1H2;. The van der Waals surface area contributed by atoms with E-state index in [9.17, 15) is 0 Å². The fourth-order valence-electron chi connectivity index (χ4n) is 0.510. The van der Waals surface area contributed by atoms with E-state index in [1.807, 2.05) is 0 Å². The van der Waals surface area contributed by atoms with Crippen molar-refractivity contribution >= 4 is 0 Å². The van der Waals surface area contributed by atoms with Gasteiger partial charge in [0.25, 0.3) is 0 Å². The van der Waals surface area contributed by atoms with E-state index in [0.717, 1.165) is 13.2 Å². The molecule has 0 radical (unpaired) electrons. The average molecular weight is 192 g/mol. The first-order chi connectivity index (χ1) is 2.50. The summed E-state index contributed by atoms with van der Waals surface area (Å²) in [6.45, 7) is 2.00. The maximum absolute atomic E-state index is 4.94. The summed E-state index contributed by atoms with van der Waals surface area (Å²) < 4.78 is 4.94. The van der Waals surface area contributed by atoms with Crippen LogP contribution in [-0.2, 0) is 26.5 Å². The number of hydrogen-bond donors (Lipinski definition) is 0. The molecular formula is C4H16O5Ti. The van der Waals surface area contributed by atoms with E-state index in [4.69, 9.17) is 4.74 Å². The summed E-state index contributed by atoms with van der Waals surface area (Å²) in [6.07, 6.45) is 2.56. The van der Waals surface area contributed by atoms with Gasteiger partial charge in [0, 0.05) is 34.9 Å². The molecule has 1 aliphatic heterocycles. The Labute approximate surface area is 74.9 Å². The van der Waals surface area contributed by atoms with E-state index in [0.29, 0.717) is 0 Å². The maximum atomic E-state index is 4.94. The third kappa shape index (κ3) is 15.8. The monoisotopic (exact) mass is 192 g/mol. The summed E-state index contributed by atoms with van der Waals surface area (Å²) in [5.74, 6) is 0. The SMILES string of the molecule is C1CCOC1.O.O.O.O.[Ti]. The molecule has 0 unspecified atom stereocenters. The molecule has 1 heterocycles. The van der Waals surface area contributed by atoms with Gasteiger partial charge in [0.2, 0.25) is 0 Å². The minimum Gasteiger partial charge on any atom is -0.412 e. The zero-order chi connectivity index (χ0) is 3.54. The van der Waals surface area contributed by atoms with Crippen molar-refractivity contribution in [2.45, 2.75) is 12.8 Å². The molecule has 1 fully saturated rings. The van der Waals surface area contributed by atoms with Gasteiger partial charge in [0.15, 0.2) is 0 Å². The fraction of sp³-hybridized carbons (Fsp3) is 1.00. The Balaban J connectivity index is -0.0000000167. The molecular weight excluding hydrogens is 176 g/mol. The molecule has 1 saturated heterocycles. The van der Waals surface area contributed by atoms with Crippen LogP contribution in [-0.4, -0.2) is 35.1 Å². The van der Waals surface area contributed by atoms with Crippen LogP contribution >= 0.6 is 0 Å². The second kappa shape index (κ2) is 22.7. The molecule has 0 amide bonds. The first kappa shape index (κ1) is 31.3. The van der Waals surface area contributed by atoms with Gasteiger partial charge in [-0.15, -0.1) is 0 Å². The third-order valence-corrected chi connectivity index (χ3v) is 0.827. The minimum absolute atomic E-state index is 0. The quantitative estimate of drug-likeness (QED) is 0.385. The van der Waals surface area contributed by atoms with Crippen molar-refractivity contribution in [2.24, 2.45) is 0 Å². The Kier molecular flexibility index (Phi) is 71.0. The van der Waals surface area contributed by atoms with Gasteiger partial charge in [-0.2, -0.15) is 0 Å². The summed E-state index contributed by atoms with van der Waals surface area (Å²) in [7, 11) is 0. The molecule has 8 N–H and O–H groups in total. The fourth-order valence-corrected chi connectivity index (χ4v) is 0.510. The predicted octanol–water partition coefficient (Wildman–Crippen LogP) is -2.50. The second-order valence-electron chi connectivity index (χ2n) is 1.32. The minimum atomic E-state index is 0. The Morgan fingerprint density at radius 3 is 1.10 bits per heavy atom. The summed E-state index contributed by atoms with van der Waals surface area (Å²) >= 11 is 0. The first-order valence-corrected chi connectivity index (χ1v) is 2.08. The molecule has 0 bridgehead atoms. The van der Waals surface area contributed by atoms with E-state index in [2.05, 4.69) is 0 Å². The molecule has 0 aromatic heterocycles. The topological polar surface area (TPSA) is 135 Å². The molecule has 5 nitrogen and oxygen atoms in total. The molecule has 0 spiro atoms. The molecule has 1 rings (SSSR count). The average Bonchev–Trinajstić information content (AvgIpc) is 1.76. The zero-order valence-electron chi connectivity index (χ0n) is 5.74. The van der Waals surface area contributed by atoms with Gasteiger partial charge in [-0.25, -0.2) is 0 Å². The number of rotatable bonds is 0. The van der Waals surface area contributed by atoms with Gasteiger partial charge in [-0.05, 0) is 12.8 Å². The van der Waals surface area contributed by atoms with Gasteiger partial charge in [-0.3, -0.25) is 0 Å². The van der Waals surface area contributed by atoms with E-state index in [1.54, 1.807) is 0 Å². The van der Waals surface area contributed by atoms with Gasteiger partial charge < -0.3 is 26.6 Å². The van der Waals surface area contributed by atoms with Crippen LogP contribution < -0.4 is 0 Å². The van der Waals surface area contributed by atoms with Crippen molar-refractivity contribution in [3.63, 3.8) is 0 Å². The molecule has 66 valence electrons. The molecule has 0 aliphatic carbocycles. The van der Waals surface area contributed by atoms with Crippen LogP contribution in [0.3, 0.4) is 0 Å². The zero-order valence-corrected chi connectivity index (χ0v) is 7.30. The molecule has 0 aromatic rings. The molecule has 1 aliphatic rings. The smallest absolute Gasteiger partial charge is 0.0466 e. The van der Waals surface area contributed by atoms with Gasteiger partial charge in [-0.1, -0.05) is 0 Å². The molecule has 0 saturated carbocycles. The summed E-state index contributed by atoms with van der Waals surface area (Å²) in [5, 5.41) is 0. The van der Waals surface area contributed by atoms with E-state index in [-0.39, 0.29) is 43.6 Å². The van der Waals surface area contributed by atoms with Crippen molar-refractivity contribution in [3.05, 3.63) is 0 Å². The first-order valence-electron chi connectivity index (χ1n) is 2.08. The maximum Gasteiger partial charge on any atom is 0.0466 e. The number of hydrogen-bond acceptors (Lipinski definition) is 1. The molecule has 6 heteroatoms. The Bertz CT molecular complexity index is 25.2. The van der Waals surface area contributed by atoms with Gasteiger partial charge in [0.1, 0.15) is 0 Å². The third-order valence-electron chi connectivity index (χ3n) is 0.827. The van der Waals surface area contributed by atoms with Crippen molar-refractivity contribution in [1.29, 1.82) is 0 Å². The molecule has 0 atom stereocenters. The van der Waals surface area contributed by atoms with Crippen LogP contribution in [0, 0.1) is 0 Å². The van der Waals surface area contributed by atoms with Crippen LogP contribution in [0.2, 0.25) is 0 Å². The predicted molar refractivity (Wildman–Crippen MR) is 34.5 cm³/mol. The van der Waals surface area contributed by atoms with Crippen molar-refractivity contribution < 1.29 is 48.4 Å². The number of ether oxygens (including phenoxy) is 1. The van der Waals surface area contributed by atoms with Crippen molar-refractivity contribution in [3.8, 4) is 0 Å². The Morgan fingerprint density at radius 2 is 1.00 bits per heavy atom. The Hall–Kier alpha value is 0.514. The van der Waals surface area contributed by atoms with Crippen molar-refractivity contribution in [2.75, 3.05) is 13.2 Å². The van der Waals surface area contributed by atoms with E-state index < -0.39 is 0 Å². The van der Waals surface area contributed by atoms with Crippen LogP contribution in [0.5, 0.6) is 0 Å². The van der Waals surface area contributed by atoms with Crippen LogP contribution in [0.25, 0.3) is 0 Å². The van der Waals surface area contributed by atoms with E-state index in [1.165, 1.54) is 12.8 Å². The van der Waals surface area contributed by atoms with Gasteiger partial charge >= 0.3 is 0 Å². The summed E-state index contributed by atoms with van der Waals surface area (Å²) in [5.41, 5.74) is 0. The second-order valence-corrected chi connectivity index (χ2v) is 1.32. The normalized spacial score (nSPS) is 12.0. The summed E-state index contributed by atoms with van der Waals surface area (Å²) in [4.78, 5) is 0. The van der Waals surface area contributed by atoms with Crippen LogP contribution in [0.1, 0.15) is 12.8 Å². The van der Waals surface area contributed by atoms with E-state index >= 15 is 0 Å². The van der Waals surface area contributed by atoms with Gasteiger partial charge in [0.05, 0.1) is 0 Å². The molecule has 10 heavy (non-hydrogen) atoms. The van der Waals surface area contributed by atoms with Crippen LogP contribution in [0.4, 0.5) is 0 Å². The largest absolute Gasteiger partial charge is 0.412 e. The van der Waals surface area contributed by atoms with Crippen molar-refractivity contribution in [1.82, 2.24) is 0 Å².